The molecule has 0 saturated carbocycles. The summed E-state index contributed by atoms with van der Waals surface area (Å²) < 4.78 is 0.915. The summed E-state index contributed by atoms with van der Waals surface area (Å²) in [6.45, 7) is 1.70. The van der Waals surface area contributed by atoms with Crippen molar-refractivity contribution in [1.29, 1.82) is 0 Å². The van der Waals surface area contributed by atoms with Crippen molar-refractivity contribution in [3.05, 3.63) is 27.3 Å². The lowest BCUT2D eigenvalue weighted by molar-refractivity contribution is -0.130. The molecule has 2 amide bonds. The fourth-order valence-electron chi connectivity index (χ4n) is 2.90. The third-order valence-electron chi connectivity index (χ3n) is 3.97. The van der Waals surface area contributed by atoms with Crippen LogP contribution in [0.5, 0.6) is 5.75 Å². The third-order valence-corrected chi connectivity index (χ3v) is 4.64. The highest BCUT2D eigenvalue weighted by molar-refractivity contribution is 14.1. The van der Waals surface area contributed by atoms with E-state index < -0.39 is 0 Å². The highest BCUT2D eigenvalue weighted by atomic mass is 127. The Labute approximate surface area is 130 Å². The van der Waals surface area contributed by atoms with Gasteiger partial charge in [0.05, 0.1) is 5.56 Å². The van der Waals surface area contributed by atoms with Gasteiger partial charge in [-0.3, -0.25) is 9.59 Å². The molecule has 3 rings (SSSR count). The van der Waals surface area contributed by atoms with E-state index in [-0.39, 0.29) is 23.6 Å². The average Bonchev–Trinajstić information content (AvgIpc) is 2.82. The standard InChI is InChI=1S/C14H15IN2O3/c15-9-1-3-12(18)11(7-9)14(20)16-5-6-17-10(8-16)2-4-13(17)19/h1,3,7,10,18H,2,4-6,8H2. The van der Waals surface area contributed by atoms with Crippen LogP contribution in [0.1, 0.15) is 23.2 Å². The molecule has 1 aromatic carbocycles. The van der Waals surface area contributed by atoms with E-state index in [0.29, 0.717) is 31.6 Å². The smallest absolute Gasteiger partial charge is 0.257 e. The lowest BCUT2D eigenvalue weighted by Crippen LogP contribution is -2.53. The highest BCUT2D eigenvalue weighted by Gasteiger charge is 2.37. The Hall–Kier alpha value is -1.31. The molecule has 0 aliphatic carbocycles. The van der Waals surface area contributed by atoms with Crippen molar-refractivity contribution in [2.45, 2.75) is 18.9 Å². The fraction of sp³-hybridized carbons (Fsp3) is 0.429. The molecule has 1 unspecified atom stereocenters. The van der Waals surface area contributed by atoms with E-state index in [1.165, 1.54) is 0 Å². The van der Waals surface area contributed by atoms with Gasteiger partial charge in [0.2, 0.25) is 5.91 Å². The van der Waals surface area contributed by atoms with Crippen molar-refractivity contribution < 1.29 is 14.7 Å². The summed E-state index contributed by atoms with van der Waals surface area (Å²) in [6, 6.07) is 5.15. The summed E-state index contributed by atoms with van der Waals surface area (Å²) in [7, 11) is 0. The molecule has 6 heteroatoms. The maximum absolute atomic E-state index is 12.5. The lowest BCUT2D eigenvalue weighted by atomic mass is 10.1. The average molecular weight is 386 g/mol. The number of amides is 2. The van der Waals surface area contributed by atoms with Crippen LogP contribution in [0.15, 0.2) is 18.2 Å². The molecule has 1 aromatic rings. The van der Waals surface area contributed by atoms with Crippen LogP contribution in [0.25, 0.3) is 0 Å². The van der Waals surface area contributed by atoms with Crippen LogP contribution >= 0.6 is 22.6 Å². The van der Waals surface area contributed by atoms with Crippen molar-refractivity contribution in [2.24, 2.45) is 0 Å². The topological polar surface area (TPSA) is 60.9 Å². The minimum Gasteiger partial charge on any atom is -0.507 e. The Morgan fingerprint density at radius 1 is 1.35 bits per heavy atom. The van der Waals surface area contributed by atoms with Crippen molar-refractivity contribution >= 4 is 34.4 Å². The molecule has 5 nitrogen and oxygen atoms in total. The number of aromatic hydroxyl groups is 1. The molecule has 0 spiro atoms. The van der Waals surface area contributed by atoms with Gasteiger partial charge in [0.1, 0.15) is 5.75 Å². The zero-order valence-corrected chi connectivity index (χ0v) is 13.0. The van der Waals surface area contributed by atoms with Gasteiger partial charge in [-0.15, -0.1) is 0 Å². The number of benzene rings is 1. The fourth-order valence-corrected chi connectivity index (χ4v) is 3.39. The van der Waals surface area contributed by atoms with Crippen LogP contribution < -0.4 is 0 Å². The molecule has 1 N–H and O–H groups in total. The monoisotopic (exact) mass is 386 g/mol. The second kappa shape index (κ2) is 5.23. The number of phenolic OH excluding ortho intramolecular Hbond substituents is 1. The second-order valence-electron chi connectivity index (χ2n) is 5.19. The van der Waals surface area contributed by atoms with Crippen LogP contribution in [0.4, 0.5) is 0 Å². The maximum atomic E-state index is 12.5. The second-order valence-corrected chi connectivity index (χ2v) is 6.44. The van der Waals surface area contributed by atoms with Crippen LogP contribution in [0.3, 0.4) is 0 Å². The van der Waals surface area contributed by atoms with Gasteiger partial charge in [-0.25, -0.2) is 0 Å². The number of hydrogen-bond donors (Lipinski definition) is 1. The first-order valence-corrected chi connectivity index (χ1v) is 7.71. The van der Waals surface area contributed by atoms with E-state index in [9.17, 15) is 14.7 Å². The van der Waals surface area contributed by atoms with Gasteiger partial charge in [0.15, 0.2) is 0 Å². The number of carbonyl (C=O) groups excluding carboxylic acids is 2. The predicted octanol–water partition coefficient (Wildman–Crippen LogP) is 1.44. The number of nitrogens with zero attached hydrogens (tertiary/aromatic N) is 2. The van der Waals surface area contributed by atoms with Gasteiger partial charge in [-0.2, -0.15) is 0 Å². The van der Waals surface area contributed by atoms with E-state index in [0.717, 1.165) is 9.99 Å². The third kappa shape index (κ3) is 2.36. The Morgan fingerprint density at radius 3 is 2.95 bits per heavy atom. The summed E-state index contributed by atoms with van der Waals surface area (Å²) in [5.74, 6) is 0.0552. The first kappa shape index (κ1) is 13.7. The van der Waals surface area contributed by atoms with Crippen LogP contribution in [0, 0.1) is 3.57 Å². The molecular formula is C14H15IN2O3. The molecule has 20 heavy (non-hydrogen) atoms. The first-order chi connectivity index (χ1) is 9.56. The van der Waals surface area contributed by atoms with Gasteiger partial charge in [0.25, 0.3) is 5.91 Å². The minimum atomic E-state index is -0.153. The molecule has 0 aromatic heterocycles. The number of rotatable bonds is 1. The molecule has 2 heterocycles. The molecule has 2 saturated heterocycles. The van der Waals surface area contributed by atoms with Gasteiger partial charge >= 0.3 is 0 Å². The normalized spacial score (nSPS) is 22.1. The summed E-state index contributed by atoms with van der Waals surface area (Å²) in [5.41, 5.74) is 0.342. The molecule has 0 bridgehead atoms. The van der Waals surface area contributed by atoms with Crippen LogP contribution in [0.2, 0.25) is 0 Å². The Kier molecular flexibility index (Phi) is 3.57. The van der Waals surface area contributed by atoms with Crippen molar-refractivity contribution in [3.63, 3.8) is 0 Å². The molecule has 2 fully saturated rings. The van der Waals surface area contributed by atoms with E-state index in [1.807, 2.05) is 4.90 Å². The largest absolute Gasteiger partial charge is 0.507 e. The number of fused-ring (bicyclic) bond motifs is 1. The Morgan fingerprint density at radius 2 is 2.15 bits per heavy atom. The van der Waals surface area contributed by atoms with E-state index >= 15 is 0 Å². The SMILES string of the molecule is O=C(c1cc(I)ccc1O)N1CCN2C(=O)CCC2C1. The predicted molar refractivity (Wildman–Crippen MR) is 81.5 cm³/mol. The zero-order chi connectivity index (χ0) is 14.3. The van der Waals surface area contributed by atoms with Crippen molar-refractivity contribution in [2.75, 3.05) is 19.6 Å². The van der Waals surface area contributed by atoms with Crippen LogP contribution in [-0.4, -0.2) is 52.4 Å². The molecule has 2 aliphatic heterocycles. The number of carbonyl (C=O) groups is 2. The lowest BCUT2D eigenvalue weighted by Gasteiger charge is -2.37. The quantitative estimate of drug-likeness (QED) is 0.744. The van der Waals surface area contributed by atoms with E-state index in [1.54, 1.807) is 23.1 Å². The zero-order valence-electron chi connectivity index (χ0n) is 10.9. The van der Waals surface area contributed by atoms with Gasteiger partial charge in [-0.05, 0) is 47.2 Å². The maximum Gasteiger partial charge on any atom is 0.257 e. The Balaban J connectivity index is 1.78. The number of piperazine rings is 1. The minimum absolute atomic E-state index is 0.0142. The molecular weight excluding hydrogens is 371 g/mol. The molecule has 1 atom stereocenters. The van der Waals surface area contributed by atoms with E-state index in [2.05, 4.69) is 22.6 Å². The molecule has 0 radical (unpaired) electrons. The van der Waals surface area contributed by atoms with E-state index in [4.69, 9.17) is 0 Å². The molecule has 106 valence electrons. The highest BCUT2D eigenvalue weighted by Crippen LogP contribution is 2.26. The summed E-state index contributed by atoms with van der Waals surface area (Å²) in [5, 5.41) is 9.85. The van der Waals surface area contributed by atoms with Gasteiger partial charge in [0, 0.05) is 35.7 Å². The number of halogens is 1. The van der Waals surface area contributed by atoms with Crippen molar-refractivity contribution in [1.82, 2.24) is 9.80 Å². The van der Waals surface area contributed by atoms with Crippen molar-refractivity contribution in [3.8, 4) is 5.75 Å². The summed E-state index contributed by atoms with van der Waals surface area (Å²) in [6.07, 6.45) is 1.40. The number of hydrogen-bond acceptors (Lipinski definition) is 3. The summed E-state index contributed by atoms with van der Waals surface area (Å²) >= 11 is 2.12. The van der Waals surface area contributed by atoms with Gasteiger partial charge < -0.3 is 14.9 Å². The first-order valence-electron chi connectivity index (χ1n) is 6.63. The van der Waals surface area contributed by atoms with Crippen LogP contribution in [-0.2, 0) is 4.79 Å². The van der Waals surface area contributed by atoms with Gasteiger partial charge in [-0.1, -0.05) is 0 Å². The summed E-state index contributed by atoms with van der Waals surface area (Å²) in [4.78, 5) is 27.8. The Bertz CT molecular complexity index is 576. The number of phenols is 1. The molecule has 2 aliphatic rings.